The summed E-state index contributed by atoms with van der Waals surface area (Å²) in [4.78, 5) is 19.7. The highest BCUT2D eigenvalue weighted by molar-refractivity contribution is 6.10. The lowest BCUT2D eigenvalue weighted by Gasteiger charge is -2.23. The number of fused-ring (bicyclic) bond motifs is 1. The van der Waals surface area contributed by atoms with Crippen molar-refractivity contribution >= 4 is 11.7 Å². The fraction of sp³-hybridized carbons (Fsp3) is 0.429. The summed E-state index contributed by atoms with van der Waals surface area (Å²) in [5.74, 6) is 1.81. The second-order valence-corrected chi connectivity index (χ2v) is 7.04. The van der Waals surface area contributed by atoms with Crippen LogP contribution in [0.2, 0.25) is 0 Å². The topological polar surface area (TPSA) is 63.7 Å². The average molecular weight is 367 g/mol. The van der Waals surface area contributed by atoms with Gasteiger partial charge in [-0.15, -0.1) is 0 Å². The second kappa shape index (κ2) is 7.66. The molecule has 0 bridgehead atoms. The third-order valence-electron chi connectivity index (χ3n) is 5.38. The fourth-order valence-electron chi connectivity index (χ4n) is 3.92. The van der Waals surface area contributed by atoms with E-state index < -0.39 is 0 Å². The molecule has 4 rings (SSSR count). The number of nitrogens with zero attached hydrogens (tertiary/aromatic N) is 2. The van der Waals surface area contributed by atoms with Crippen LogP contribution in [0.5, 0.6) is 5.75 Å². The van der Waals surface area contributed by atoms with E-state index in [0.29, 0.717) is 30.3 Å². The van der Waals surface area contributed by atoms with Crippen molar-refractivity contribution in [1.29, 1.82) is 0 Å². The molecule has 6 heteroatoms. The molecule has 1 fully saturated rings. The summed E-state index contributed by atoms with van der Waals surface area (Å²) in [5.41, 5.74) is 3.89. The molecule has 1 amide bonds. The van der Waals surface area contributed by atoms with Crippen LogP contribution in [-0.2, 0) is 17.8 Å². The summed E-state index contributed by atoms with van der Waals surface area (Å²) >= 11 is 0. The van der Waals surface area contributed by atoms with E-state index in [-0.39, 0.29) is 5.91 Å². The zero-order valence-electron chi connectivity index (χ0n) is 15.8. The Balaban J connectivity index is 1.65. The van der Waals surface area contributed by atoms with Crippen molar-refractivity contribution in [3.63, 3.8) is 0 Å². The lowest BCUT2D eigenvalue weighted by atomic mass is 9.96. The van der Waals surface area contributed by atoms with Gasteiger partial charge in [-0.1, -0.05) is 6.07 Å². The number of hydrogen-bond acceptors (Lipinski definition) is 5. The average Bonchev–Trinajstić information content (AvgIpc) is 3.06. The number of benzene rings is 1. The molecule has 0 atom stereocenters. The Morgan fingerprint density at radius 2 is 2.11 bits per heavy atom. The van der Waals surface area contributed by atoms with Gasteiger partial charge in [-0.3, -0.25) is 9.69 Å². The first-order valence-corrected chi connectivity index (χ1v) is 9.42. The Labute approximate surface area is 159 Å². The quantitative estimate of drug-likeness (QED) is 0.880. The summed E-state index contributed by atoms with van der Waals surface area (Å²) in [6.45, 7) is 2.78. The molecule has 0 radical (unpaired) electrons. The fourth-order valence-corrected chi connectivity index (χ4v) is 3.92. The van der Waals surface area contributed by atoms with Gasteiger partial charge in [0.2, 0.25) is 0 Å². The Morgan fingerprint density at radius 1 is 1.30 bits per heavy atom. The number of aromatic nitrogens is 1. The molecular weight excluding hydrogens is 342 g/mol. The molecule has 1 saturated heterocycles. The number of rotatable bonds is 5. The molecule has 0 saturated carbocycles. The predicted molar refractivity (Wildman–Crippen MR) is 103 cm³/mol. The summed E-state index contributed by atoms with van der Waals surface area (Å²) in [6.07, 6.45) is 1.96. The monoisotopic (exact) mass is 367 g/mol. The lowest BCUT2D eigenvalue weighted by molar-refractivity contribution is 0.0845. The third-order valence-corrected chi connectivity index (χ3v) is 5.38. The van der Waals surface area contributed by atoms with Crippen LogP contribution in [0.1, 0.15) is 45.9 Å². The smallest absolute Gasteiger partial charge is 0.260 e. The Bertz CT molecular complexity index is 847. The highest BCUT2D eigenvalue weighted by Gasteiger charge is 2.32. The molecule has 142 valence electrons. The van der Waals surface area contributed by atoms with E-state index in [1.165, 1.54) is 0 Å². The van der Waals surface area contributed by atoms with Crippen LogP contribution in [-0.4, -0.2) is 38.3 Å². The van der Waals surface area contributed by atoms with Gasteiger partial charge < -0.3 is 14.8 Å². The van der Waals surface area contributed by atoms with Crippen molar-refractivity contribution in [2.24, 2.45) is 0 Å². The van der Waals surface area contributed by atoms with Crippen LogP contribution < -0.4 is 15.0 Å². The van der Waals surface area contributed by atoms with Gasteiger partial charge in [0.1, 0.15) is 11.6 Å². The van der Waals surface area contributed by atoms with Gasteiger partial charge in [0, 0.05) is 36.9 Å². The highest BCUT2D eigenvalue weighted by Crippen LogP contribution is 2.34. The maximum absolute atomic E-state index is 13.1. The van der Waals surface area contributed by atoms with Crippen LogP contribution in [0, 0.1) is 0 Å². The zero-order valence-corrected chi connectivity index (χ0v) is 15.8. The molecule has 0 unspecified atom stereocenters. The number of ether oxygens (including phenoxy) is 2. The molecule has 1 aromatic heterocycles. The Hall–Kier alpha value is -2.44. The number of hydrogen-bond donors (Lipinski definition) is 1. The Kier molecular flexibility index (Phi) is 5.09. The second-order valence-electron chi connectivity index (χ2n) is 7.04. The van der Waals surface area contributed by atoms with E-state index in [0.717, 1.165) is 48.7 Å². The first kappa shape index (κ1) is 17.9. The molecule has 2 aromatic rings. The van der Waals surface area contributed by atoms with E-state index in [2.05, 4.69) is 11.4 Å². The number of amides is 1. The van der Waals surface area contributed by atoms with E-state index in [1.54, 1.807) is 12.0 Å². The van der Waals surface area contributed by atoms with Crippen molar-refractivity contribution in [1.82, 2.24) is 10.3 Å². The van der Waals surface area contributed by atoms with Crippen molar-refractivity contribution in [2.45, 2.75) is 31.8 Å². The van der Waals surface area contributed by atoms with Crippen molar-refractivity contribution < 1.29 is 14.3 Å². The van der Waals surface area contributed by atoms with Crippen LogP contribution in [0.3, 0.4) is 0 Å². The van der Waals surface area contributed by atoms with E-state index in [4.69, 9.17) is 14.5 Å². The number of carbonyl (C=O) groups is 1. The van der Waals surface area contributed by atoms with Crippen LogP contribution in [0.25, 0.3) is 0 Å². The molecule has 2 aliphatic heterocycles. The van der Waals surface area contributed by atoms with Gasteiger partial charge in [0.05, 0.1) is 13.7 Å². The first-order valence-electron chi connectivity index (χ1n) is 9.42. The Morgan fingerprint density at radius 3 is 2.85 bits per heavy atom. The van der Waals surface area contributed by atoms with Gasteiger partial charge in [-0.25, -0.2) is 4.98 Å². The van der Waals surface area contributed by atoms with Crippen molar-refractivity contribution in [3.05, 3.63) is 52.7 Å². The first-order chi connectivity index (χ1) is 13.2. The van der Waals surface area contributed by atoms with Crippen molar-refractivity contribution in [2.75, 3.05) is 32.3 Å². The molecule has 6 nitrogen and oxygen atoms in total. The van der Waals surface area contributed by atoms with Gasteiger partial charge >= 0.3 is 0 Å². The maximum Gasteiger partial charge on any atom is 0.260 e. The molecule has 1 N–H and O–H groups in total. The van der Waals surface area contributed by atoms with Gasteiger partial charge in [0.15, 0.2) is 0 Å². The number of carbonyl (C=O) groups excluding carboxylic acids is 1. The summed E-state index contributed by atoms with van der Waals surface area (Å²) in [5, 5.41) is 3.17. The molecule has 27 heavy (non-hydrogen) atoms. The number of anilines is 1. The molecule has 1 aromatic carbocycles. The van der Waals surface area contributed by atoms with E-state index in [9.17, 15) is 4.79 Å². The minimum atomic E-state index is -0.0159. The van der Waals surface area contributed by atoms with Crippen LogP contribution >= 0.6 is 0 Å². The van der Waals surface area contributed by atoms with Crippen molar-refractivity contribution in [3.8, 4) is 5.75 Å². The highest BCUT2D eigenvalue weighted by atomic mass is 16.5. The van der Waals surface area contributed by atoms with Gasteiger partial charge in [0.25, 0.3) is 5.91 Å². The number of pyridine rings is 1. The third kappa shape index (κ3) is 3.42. The van der Waals surface area contributed by atoms with Gasteiger partial charge in [-0.05, 0) is 55.3 Å². The molecule has 0 spiro atoms. The van der Waals surface area contributed by atoms with E-state index >= 15 is 0 Å². The number of methoxy groups -OCH3 is 1. The maximum atomic E-state index is 13.1. The standard InChI is InChI=1S/C21H25N3O3/c1-22-12-15-10-16(26-2)11-17-18(15)13-24(21(17)25)20-5-3-4-19(23-20)14-6-8-27-9-7-14/h3-5,10-11,14,22H,6-9,12-13H2,1-2H3. The molecule has 3 heterocycles. The minimum absolute atomic E-state index is 0.0159. The molecule has 2 aliphatic rings. The SMILES string of the molecule is CNCc1cc(OC)cc2c1CN(c1cccc(C3CCOCC3)n1)C2=O. The molecular formula is C21H25N3O3. The summed E-state index contributed by atoms with van der Waals surface area (Å²) < 4.78 is 10.8. The minimum Gasteiger partial charge on any atom is -0.497 e. The normalized spacial score (nSPS) is 17.3. The molecule has 0 aliphatic carbocycles. The zero-order chi connectivity index (χ0) is 18.8. The lowest BCUT2D eigenvalue weighted by Crippen LogP contribution is -2.25. The predicted octanol–water partition coefficient (Wildman–Crippen LogP) is 2.86. The van der Waals surface area contributed by atoms with Crippen LogP contribution in [0.4, 0.5) is 5.82 Å². The summed E-state index contributed by atoms with van der Waals surface area (Å²) in [7, 11) is 3.53. The van der Waals surface area contributed by atoms with E-state index in [1.807, 2.05) is 31.3 Å². The number of nitrogens with one attached hydrogen (secondary N) is 1. The summed E-state index contributed by atoms with van der Waals surface area (Å²) in [6, 6.07) is 9.81. The van der Waals surface area contributed by atoms with Gasteiger partial charge in [-0.2, -0.15) is 0 Å². The largest absolute Gasteiger partial charge is 0.497 e. The van der Waals surface area contributed by atoms with Crippen LogP contribution in [0.15, 0.2) is 30.3 Å².